The van der Waals surface area contributed by atoms with Gasteiger partial charge in [-0.25, -0.2) is 0 Å². The lowest BCUT2D eigenvalue weighted by molar-refractivity contribution is 0.0725. The summed E-state index contributed by atoms with van der Waals surface area (Å²) >= 11 is 0. The Balaban J connectivity index is 2.70. The van der Waals surface area contributed by atoms with Crippen molar-refractivity contribution >= 4 is 0 Å². The molecule has 0 aromatic carbocycles. The van der Waals surface area contributed by atoms with Gasteiger partial charge < -0.3 is 10.4 Å². The van der Waals surface area contributed by atoms with Crippen LogP contribution in [0.15, 0.2) is 0 Å². The molecule has 0 amide bonds. The van der Waals surface area contributed by atoms with Gasteiger partial charge in [-0.1, -0.05) is 27.2 Å². The second-order valence-electron chi connectivity index (χ2n) is 6.20. The lowest BCUT2D eigenvalue weighted by atomic mass is 9.92. The normalized spacial score (nSPS) is 20.5. The summed E-state index contributed by atoms with van der Waals surface area (Å²) in [6, 6.07) is 0.606. The SMILES string of the molecule is CCCCN(CC(CO)(NCC)C1CC1)C(C)CC. The molecule has 2 N–H and O–H groups in total. The molecule has 0 heterocycles. The van der Waals surface area contributed by atoms with Gasteiger partial charge in [0, 0.05) is 12.6 Å². The first-order chi connectivity index (χ1) is 9.13. The van der Waals surface area contributed by atoms with Gasteiger partial charge in [0.25, 0.3) is 0 Å². The number of hydrogen-bond donors (Lipinski definition) is 2. The van der Waals surface area contributed by atoms with Gasteiger partial charge >= 0.3 is 0 Å². The van der Waals surface area contributed by atoms with Gasteiger partial charge in [-0.3, -0.25) is 4.90 Å². The average molecular weight is 270 g/mol. The third-order valence-electron chi connectivity index (χ3n) is 4.67. The van der Waals surface area contributed by atoms with Gasteiger partial charge in [-0.2, -0.15) is 0 Å². The molecule has 0 saturated heterocycles. The molecule has 0 radical (unpaired) electrons. The number of hydrogen-bond acceptors (Lipinski definition) is 3. The quantitative estimate of drug-likeness (QED) is 0.606. The van der Waals surface area contributed by atoms with E-state index in [0.717, 1.165) is 19.6 Å². The van der Waals surface area contributed by atoms with Crippen LogP contribution >= 0.6 is 0 Å². The summed E-state index contributed by atoms with van der Waals surface area (Å²) < 4.78 is 0. The molecule has 1 fully saturated rings. The van der Waals surface area contributed by atoms with E-state index < -0.39 is 0 Å². The average Bonchev–Trinajstić information content (AvgIpc) is 3.26. The van der Waals surface area contributed by atoms with Crippen LogP contribution in [0.4, 0.5) is 0 Å². The van der Waals surface area contributed by atoms with Crippen LogP contribution in [0.2, 0.25) is 0 Å². The summed E-state index contributed by atoms with van der Waals surface area (Å²) in [5.74, 6) is 0.672. The number of nitrogens with one attached hydrogen (secondary N) is 1. The second-order valence-corrected chi connectivity index (χ2v) is 6.20. The molecule has 2 unspecified atom stereocenters. The Morgan fingerprint density at radius 3 is 2.42 bits per heavy atom. The minimum Gasteiger partial charge on any atom is -0.394 e. The third-order valence-corrected chi connectivity index (χ3v) is 4.67. The summed E-state index contributed by atoms with van der Waals surface area (Å²) in [6.45, 7) is 12.3. The van der Waals surface area contributed by atoms with Crippen LogP contribution in [0.25, 0.3) is 0 Å². The van der Waals surface area contributed by atoms with Gasteiger partial charge in [-0.15, -0.1) is 0 Å². The molecule has 2 atom stereocenters. The lowest BCUT2D eigenvalue weighted by Crippen LogP contribution is -2.59. The Hall–Kier alpha value is -0.120. The zero-order valence-corrected chi connectivity index (χ0v) is 13.4. The Kier molecular flexibility index (Phi) is 7.33. The van der Waals surface area contributed by atoms with Crippen LogP contribution in [-0.2, 0) is 0 Å². The van der Waals surface area contributed by atoms with E-state index in [1.807, 2.05) is 0 Å². The summed E-state index contributed by atoms with van der Waals surface area (Å²) in [4.78, 5) is 2.58. The van der Waals surface area contributed by atoms with Crippen LogP contribution in [0.3, 0.4) is 0 Å². The van der Waals surface area contributed by atoms with E-state index in [1.165, 1.54) is 32.1 Å². The molecule has 114 valence electrons. The Morgan fingerprint density at radius 1 is 1.32 bits per heavy atom. The van der Waals surface area contributed by atoms with Crippen LogP contribution in [0.5, 0.6) is 0 Å². The second kappa shape index (κ2) is 8.23. The predicted octanol–water partition coefficient (Wildman–Crippen LogP) is 2.64. The van der Waals surface area contributed by atoms with Gasteiger partial charge in [0.05, 0.1) is 12.1 Å². The van der Waals surface area contributed by atoms with E-state index in [1.54, 1.807) is 0 Å². The van der Waals surface area contributed by atoms with Crippen LogP contribution in [-0.4, -0.2) is 47.8 Å². The summed E-state index contributed by atoms with van der Waals surface area (Å²) in [5, 5.41) is 13.6. The van der Waals surface area contributed by atoms with Gasteiger partial charge in [-0.05, 0) is 51.6 Å². The molecule has 0 aliphatic heterocycles. The van der Waals surface area contributed by atoms with Crippen LogP contribution in [0.1, 0.15) is 59.8 Å². The van der Waals surface area contributed by atoms with E-state index in [2.05, 4.69) is 37.9 Å². The molecule has 1 saturated carbocycles. The van der Waals surface area contributed by atoms with Crippen molar-refractivity contribution in [3.05, 3.63) is 0 Å². The first-order valence-corrected chi connectivity index (χ1v) is 8.23. The minimum atomic E-state index is -0.0636. The fraction of sp³-hybridized carbons (Fsp3) is 1.00. The highest BCUT2D eigenvalue weighted by atomic mass is 16.3. The maximum atomic E-state index is 9.96. The van der Waals surface area contributed by atoms with Crippen LogP contribution in [0, 0.1) is 5.92 Å². The standard InChI is InChI=1S/C16H34N2O/c1-5-8-11-18(14(4)6-2)12-16(13-19,17-7-3)15-9-10-15/h14-15,17,19H,5-13H2,1-4H3. The molecule has 3 heteroatoms. The van der Waals surface area contributed by atoms with Crippen molar-refractivity contribution < 1.29 is 5.11 Å². The largest absolute Gasteiger partial charge is 0.394 e. The van der Waals surface area contributed by atoms with Gasteiger partial charge in [0.1, 0.15) is 0 Å². The Morgan fingerprint density at radius 2 is 2.00 bits per heavy atom. The molecule has 0 aromatic rings. The summed E-state index contributed by atoms with van der Waals surface area (Å²) in [5.41, 5.74) is -0.0636. The zero-order chi connectivity index (χ0) is 14.3. The highest BCUT2D eigenvalue weighted by Crippen LogP contribution is 2.40. The van der Waals surface area contributed by atoms with E-state index in [0.29, 0.717) is 12.0 Å². The van der Waals surface area contributed by atoms with E-state index in [9.17, 15) is 5.11 Å². The highest BCUT2D eigenvalue weighted by Gasteiger charge is 2.45. The van der Waals surface area contributed by atoms with Crippen molar-refractivity contribution in [1.29, 1.82) is 0 Å². The molecule has 1 aliphatic rings. The molecule has 1 rings (SSSR count). The zero-order valence-electron chi connectivity index (χ0n) is 13.4. The van der Waals surface area contributed by atoms with Crippen molar-refractivity contribution in [2.45, 2.75) is 71.4 Å². The fourth-order valence-electron chi connectivity index (χ4n) is 2.99. The van der Waals surface area contributed by atoms with Crippen molar-refractivity contribution in [2.24, 2.45) is 5.92 Å². The molecule has 19 heavy (non-hydrogen) atoms. The number of aliphatic hydroxyl groups excluding tert-OH is 1. The lowest BCUT2D eigenvalue weighted by Gasteiger charge is -2.40. The molecular weight excluding hydrogens is 236 g/mol. The number of likely N-dealkylation sites (N-methyl/N-ethyl adjacent to an activating group) is 1. The van der Waals surface area contributed by atoms with E-state index in [-0.39, 0.29) is 12.1 Å². The number of unbranched alkanes of at least 4 members (excludes halogenated alkanes) is 1. The predicted molar refractivity (Wildman–Crippen MR) is 82.5 cm³/mol. The van der Waals surface area contributed by atoms with E-state index in [4.69, 9.17) is 0 Å². The fourth-order valence-corrected chi connectivity index (χ4v) is 2.99. The molecular formula is C16H34N2O. The molecule has 0 aromatic heterocycles. The first-order valence-electron chi connectivity index (χ1n) is 8.23. The van der Waals surface area contributed by atoms with Crippen molar-refractivity contribution in [1.82, 2.24) is 10.2 Å². The first kappa shape index (κ1) is 16.9. The van der Waals surface area contributed by atoms with Gasteiger partial charge in [0.15, 0.2) is 0 Å². The Bertz CT molecular complexity index is 243. The molecule has 1 aliphatic carbocycles. The minimum absolute atomic E-state index is 0.0636. The maximum absolute atomic E-state index is 9.96. The Labute approximate surface area is 119 Å². The maximum Gasteiger partial charge on any atom is 0.0628 e. The number of nitrogens with zero attached hydrogens (tertiary/aromatic N) is 1. The van der Waals surface area contributed by atoms with Crippen molar-refractivity contribution in [2.75, 3.05) is 26.2 Å². The highest BCUT2D eigenvalue weighted by molar-refractivity contribution is 5.03. The number of rotatable bonds is 11. The summed E-state index contributed by atoms with van der Waals surface area (Å²) in [7, 11) is 0. The third kappa shape index (κ3) is 4.73. The number of aliphatic hydroxyl groups is 1. The van der Waals surface area contributed by atoms with Crippen molar-refractivity contribution in [3.8, 4) is 0 Å². The van der Waals surface area contributed by atoms with Crippen molar-refractivity contribution in [3.63, 3.8) is 0 Å². The molecule has 3 nitrogen and oxygen atoms in total. The topological polar surface area (TPSA) is 35.5 Å². The van der Waals surface area contributed by atoms with Gasteiger partial charge in [0.2, 0.25) is 0 Å². The van der Waals surface area contributed by atoms with Crippen LogP contribution < -0.4 is 5.32 Å². The smallest absolute Gasteiger partial charge is 0.0628 e. The molecule has 0 spiro atoms. The van der Waals surface area contributed by atoms with E-state index >= 15 is 0 Å². The summed E-state index contributed by atoms with van der Waals surface area (Å²) in [6.07, 6.45) is 6.22. The molecule has 0 bridgehead atoms. The monoisotopic (exact) mass is 270 g/mol.